The van der Waals surface area contributed by atoms with E-state index in [0.717, 1.165) is 38.0 Å². The topological polar surface area (TPSA) is 72.8 Å². The molecule has 0 saturated heterocycles. The highest BCUT2D eigenvalue weighted by molar-refractivity contribution is 5.90. The fraction of sp³-hybridized carbons (Fsp3) is 0.636. The molecule has 5 heteroatoms. The van der Waals surface area contributed by atoms with Gasteiger partial charge in [-0.3, -0.25) is 0 Å². The molecule has 0 aliphatic heterocycles. The van der Waals surface area contributed by atoms with Gasteiger partial charge < -0.3 is 14.6 Å². The Labute approximate surface area is 95.0 Å². The van der Waals surface area contributed by atoms with E-state index < -0.39 is 11.9 Å². The van der Waals surface area contributed by atoms with Gasteiger partial charge in [0.2, 0.25) is 0 Å². The largest absolute Gasteiger partial charge is 0.478 e. The van der Waals surface area contributed by atoms with Crippen LogP contribution in [0.25, 0.3) is 0 Å². The fourth-order valence-electron chi connectivity index (χ4n) is 0.913. The molecule has 0 fully saturated rings. The molecule has 0 bridgehead atoms. The monoisotopic (exact) mass is 230 g/mol. The van der Waals surface area contributed by atoms with Gasteiger partial charge in [0, 0.05) is 25.4 Å². The van der Waals surface area contributed by atoms with Gasteiger partial charge in [0.1, 0.15) is 0 Å². The summed E-state index contributed by atoms with van der Waals surface area (Å²) >= 11 is 0. The highest BCUT2D eigenvalue weighted by Crippen LogP contribution is 1.93. The first-order valence-corrected chi connectivity index (χ1v) is 5.32. The summed E-state index contributed by atoms with van der Waals surface area (Å²) in [5.74, 6) is -1.79. The number of esters is 1. The molecule has 0 radical (unpaired) electrons. The predicted molar refractivity (Wildman–Crippen MR) is 58.1 cm³/mol. The molecule has 0 heterocycles. The first-order valence-electron chi connectivity index (χ1n) is 5.32. The molecule has 5 nitrogen and oxygen atoms in total. The quantitative estimate of drug-likeness (QED) is 0.368. The van der Waals surface area contributed by atoms with Gasteiger partial charge in [-0.25, -0.2) is 9.59 Å². The molecule has 1 N–H and O–H groups in total. The van der Waals surface area contributed by atoms with Crippen molar-refractivity contribution in [2.24, 2.45) is 0 Å². The molecule has 0 aliphatic rings. The van der Waals surface area contributed by atoms with Crippen molar-refractivity contribution in [2.75, 3.05) is 19.8 Å². The zero-order chi connectivity index (χ0) is 12.2. The van der Waals surface area contributed by atoms with Gasteiger partial charge in [-0.05, 0) is 19.3 Å². The first-order chi connectivity index (χ1) is 7.66. The number of aliphatic carboxylic acids is 1. The predicted octanol–water partition coefficient (Wildman–Crippen LogP) is 1.38. The second kappa shape index (κ2) is 10.2. The second-order valence-corrected chi connectivity index (χ2v) is 3.16. The molecular formula is C11H18O5. The summed E-state index contributed by atoms with van der Waals surface area (Å²) in [5.41, 5.74) is 0. The van der Waals surface area contributed by atoms with E-state index in [0.29, 0.717) is 6.61 Å². The maximum absolute atomic E-state index is 10.9. The minimum Gasteiger partial charge on any atom is -0.478 e. The van der Waals surface area contributed by atoms with Gasteiger partial charge in [-0.1, -0.05) is 6.92 Å². The lowest BCUT2D eigenvalue weighted by atomic mass is 10.3. The van der Waals surface area contributed by atoms with Gasteiger partial charge in [0.15, 0.2) is 0 Å². The summed E-state index contributed by atoms with van der Waals surface area (Å²) in [6.45, 7) is 3.74. The molecule has 92 valence electrons. The van der Waals surface area contributed by atoms with Crippen LogP contribution in [0, 0.1) is 0 Å². The smallest absolute Gasteiger partial charge is 0.331 e. The standard InChI is InChI=1S/C11H18O5/c1-2-7-15-8-3-4-9-16-11(14)6-5-10(12)13/h5-6H,2-4,7-9H2,1H3,(H,12,13)/b6-5-. The van der Waals surface area contributed by atoms with Crippen molar-refractivity contribution in [3.63, 3.8) is 0 Å². The summed E-state index contributed by atoms with van der Waals surface area (Å²) in [6.07, 6.45) is 4.20. The van der Waals surface area contributed by atoms with E-state index in [1.807, 2.05) is 6.92 Å². The van der Waals surface area contributed by atoms with Crippen molar-refractivity contribution in [2.45, 2.75) is 26.2 Å². The minimum atomic E-state index is -1.16. The number of carbonyl (C=O) groups excluding carboxylic acids is 1. The van der Waals surface area contributed by atoms with Gasteiger partial charge >= 0.3 is 11.9 Å². The lowest BCUT2D eigenvalue weighted by Gasteiger charge is -2.03. The van der Waals surface area contributed by atoms with Crippen LogP contribution in [0.15, 0.2) is 12.2 Å². The summed E-state index contributed by atoms with van der Waals surface area (Å²) in [4.78, 5) is 20.9. The van der Waals surface area contributed by atoms with Crippen LogP contribution in [-0.2, 0) is 19.1 Å². The lowest BCUT2D eigenvalue weighted by molar-refractivity contribution is -0.138. The number of carboxylic acids is 1. The fourth-order valence-corrected chi connectivity index (χ4v) is 0.913. The van der Waals surface area contributed by atoms with Crippen LogP contribution >= 0.6 is 0 Å². The Kier molecular flexibility index (Phi) is 9.30. The van der Waals surface area contributed by atoms with Crippen LogP contribution in [0.1, 0.15) is 26.2 Å². The number of carbonyl (C=O) groups is 2. The average molecular weight is 230 g/mol. The Bertz CT molecular complexity index is 235. The van der Waals surface area contributed by atoms with Gasteiger partial charge in [0.05, 0.1) is 6.61 Å². The summed E-state index contributed by atoms with van der Waals surface area (Å²) in [5, 5.41) is 8.24. The molecule has 0 rings (SSSR count). The molecule has 16 heavy (non-hydrogen) atoms. The average Bonchev–Trinajstić information content (AvgIpc) is 2.25. The van der Waals surface area contributed by atoms with Crippen LogP contribution in [0.3, 0.4) is 0 Å². The normalized spacial score (nSPS) is 10.6. The van der Waals surface area contributed by atoms with Gasteiger partial charge in [-0.2, -0.15) is 0 Å². The number of hydrogen-bond donors (Lipinski definition) is 1. The van der Waals surface area contributed by atoms with Crippen LogP contribution in [0.5, 0.6) is 0 Å². The molecule has 0 spiro atoms. The Morgan fingerprint density at radius 3 is 2.44 bits per heavy atom. The molecule has 0 aliphatic carbocycles. The number of hydrogen-bond acceptors (Lipinski definition) is 4. The van der Waals surface area contributed by atoms with Crippen LogP contribution in [-0.4, -0.2) is 36.9 Å². The van der Waals surface area contributed by atoms with Crippen LogP contribution in [0.2, 0.25) is 0 Å². The third-order valence-electron chi connectivity index (χ3n) is 1.64. The summed E-state index contributed by atoms with van der Waals surface area (Å²) in [7, 11) is 0. The zero-order valence-electron chi connectivity index (χ0n) is 9.48. The Hall–Kier alpha value is -1.36. The minimum absolute atomic E-state index is 0.290. The van der Waals surface area contributed by atoms with Crippen LogP contribution < -0.4 is 0 Å². The van der Waals surface area contributed by atoms with Crippen molar-refractivity contribution in [1.29, 1.82) is 0 Å². The van der Waals surface area contributed by atoms with Crippen LogP contribution in [0.4, 0.5) is 0 Å². The van der Waals surface area contributed by atoms with E-state index in [9.17, 15) is 9.59 Å². The van der Waals surface area contributed by atoms with E-state index in [1.165, 1.54) is 0 Å². The maximum Gasteiger partial charge on any atom is 0.331 e. The van der Waals surface area contributed by atoms with Crippen molar-refractivity contribution >= 4 is 11.9 Å². The molecule has 0 unspecified atom stereocenters. The third-order valence-corrected chi connectivity index (χ3v) is 1.64. The second-order valence-electron chi connectivity index (χ2n) is 3.16. The maximum atomic E-state index is 10.9. The number of ether oxygens (including phenoxy) is 2. The summed E-state index contributed by atoms with van der Waals surface area (Å²) < 4.78 is 9.99. The van der Waals surface area contributed by atoms with Crippen molar-refractivity contribution in [1.82, 2.24) is 0 Å². The SMILES string of the molecule is CCCOCCCCOC(=O)/C=C\C(=O)O. The Morgan fingerprint density at radius 1 is 1.12 bits per heavy atom. The molecule has 0 atom stereocenters. The number of rotatable bonds is 9. The molecule has 0 saturated carbocycles. The highest BCUT2D eigenvalue weighted by atomic mass is 16.5. The summed E-state index contributed by atoms with van der Waals surface area (Å²) in [6, 6.07) is 0. The van der Waals surface area contributed by atoms with E-state index in [-0.39, 0.29) is 6.61 Å². The van der Waals surface area contributed by atoms with E-state index in [4.69, 9.17) is 14.6 Å². The third kappa shape index (κ3) is 10.7. The molecule has 0 amide bonds. The zero-order valence-corrected chi connectivity index (χ0v) is 9.48. The number of carboxylic acid groups (broad SMARTS) is 1. The molecule has 0 aromatic carbocycles. The van der Waals surface area contributed by atoms with Gasteiger partial charge in [-0.15, -0.1) is 0 Å². The Morgan fingerprint density at radius 2 is 1.81 bits per heavy atom. The van der Waals surface area contributed by atoms with Crippen molar-refractivity contribution in [3.8, 4) is 0 Å². The lowest BCUT2D eigenvalue weighted by Crippen LogP contribution is -2.04. The number of unbranched alkanes of at least 4 members (excludes halogenated alkanes) is 1. The van der Waals surface area contributed by atoms with E-state index in [1.54, 1.807) is 0 Å². The van der Waals surface area contributed by atoms with Crippen molar-refractivity contribution < 1.29 is 24.2 Å². The van der Waals surface area contributed by atoms with E-state index >= 15 is 0 Å². The molecule has 0 aromatic heterocycles. The highest BCUT2D eigenvalue weighted by Gasteiger charge is 1.97. The van der Waals surface area contributed by atoms with E-state index in [2.05, 4.69) is 0 Å². The van der Waals surface area contributed by atoms with Crippen molar-refractivity contribution in [3.05, 3.63) is 12.2 Å². The van der Waals surface area contributed by atoms with Gasteiger partial charge in [0.25, 0.3) is 0 Å². The Balaban J connectivity index is 3.31. The molecule has 0 aromatic rings. The first kappa shape index (κ1) is 14.6. The molecular weight excluding hydrogens is 212 g/mol.